The van der Waals surface area contributed by atoms with Gasteiger partial charge in [0.2, 0.25) is 0 Å². The van der Waals surface area contributed by atoms with Crippen LogP contribution in [-0.2, 0) is 9.59 Å². The predicted molar refractivity (Wildman–Crippen MR) is 97.7 cm³/mol. The Morgan fingerprint density at radius 2 is 1.60 bits per heavy atom. The summed E-state index contributed by atoms with van der Waals surface area (Å²) >= 11 is 0. The lowest BCUT2D eigenvalue weighted by Gasteiger charge is -2.26. The first-order chi connectivity index (χ1) is 11.9. The third-order valence-corrected chi connectivity index (χ3v) is 6.07. The molecule has 0 aromatic heterocycles. The number of Topliss-reactive ketones (excluding diaryl/α,β-unsaturated/α-hetero) is 2. The molecule has 0 heterocycles. The second kappa shape index (κ2) is 7.19. The van der Waals surface area contributed by atoms with Crippen molar-refractivity contribution < 1.29 is 9.59 Å². The van der Waals surface area contributed by atoms with E-state index in [-0.39, 0.29) is 23.5 Å². The van der Waals surface area contributed by atoms with Gasteiger partial charge in [-0.3, -0.25) is 9.59 Å². The van der Waals surface area contributed by atoms with Crippen LogP contribution in [0.1, 0.15) is 66.7 Å². The summed E-state index contributed by atoms with van der Waals surface area (Å²) in [6.07, 6.45) is 4.70. The molecule has 2 unspecified atom stereocenters. The molecule has 0 spiro atoms. The Morgan fingerprint density at radius 1 is 1.00 bits per heavy atom. The molecule has 2 aliphatic carbocycles. The van der Waals surface area contributed by atoms with Crippen molar-refractivity contribution in [3.05, 3.63) is 39.3 Å². The molecule has 1 aromatic carbocycles. The fourth-order valence-corrected chi connectivity index (χ4v) is 4.89. The van der Waals surface area contributed by atoms with E-state index in [2.05, 4.69) is 17.3 Å². The van der Waals surface area contributed by atoms with Gasteiger partial charge in [-0.2, -0.15) is 4.91 Å². The van der Waals surface area contributed by atoms with E-state index in [9.17, 15) is 14.5 Å². The molecule has 0 bridgehead atoms. The summed E-state index contributed by atoms with van der Waals surface area (Å²) < 4.78 is 0. The number of carbonyl (C=O) groups excluding carboxylic acids is 2. The number of rotatable bonds is 4. The van der Waals surface area contributed by atoms with Crippen molar-refractivity contribution in [2.24, 2.45) is 17.0 Å². The Kier molecular flexibility index (Phi) is 5.16. The molecule has 2 atom stereocenters. The number of carbonyl (C=O) groups is 2. The first-order valence-electron chi connectivity index (χ1n) is 9.37. The number of ketones is 2. The second-order valence-electron chi connectivity index (χ2n) is 8.03. The molecule has 1 aromatic rings. The molecule has 25 heavy (non-hydrogen) atoms. The van der Waals surface area contributed by atoms with Crippen molar-refractivity contribution >= 4 is 11.6 Å². The predicted octanol–water partition coefficient (Wildman–Crippen LogP) is 4.57. The smallest absolute Gasteiger partial charge is 0.151 e. The van der Waals surface area contributed by atoms with Gasteiger partial charge in [0.1, 0.15) is 11.7 Å². The zero-order chi connectivity index (χ0) is 18.1. The summed E-state index contributed by atoms with van der Waals surface area (Å²) in [5, 5.41) is 3.15. The van der Waals surface area contributed by atoms with Crippen molar-refractivity contribution in [1.29, 1.82) is 0 Å². The summed E-state index contributed by atoms with van der Waals surface area (Å²) in [4.78, 5) is 36.3. The Balaban J connectivity index is 1.74. The van der Waals surface area contributed by atoms with Gasteiger partial charge in [0.25, 0.3) is 0 Å². The summed E-state index contributed by atoms with van der Waals surface area (Å²) in [5.74, 6) is -0.0929. The zero-order valence-corrected chi connectivity index (χ0v) is 15.4. The molecular weight excluding hydrogens is 314 g/mol. The van der Waals surface area contributed by atoms with Crippen LogP contribution < -0.4 is 0 Å². The third-order valence-electron chi connectivity index (χ3n) is 6.07. The van der Waals surface area contributed by atoms with Gasteiger partial charge >= 0.3 is 0 Å². The third kappa shape index (κ3) is 3.58. The number of hydrogen-bond donors (Lipinski definition) is 0. The van der Waals surface area contributed by atoms with Gasteiger partial charge < -0.3 is 0 Å². The highest BCUT2D eigenvalue weighted by atomic mass is 16.3. The molecule has 4 heteroatoms. The molecule has 4 nitrogen and oxygen atoms in total. The van der Waals surface area contributed by atoms with E-state index >= 15 is 0 Å². The van der Waals surface area contributed by atoms with Gasteiger partial charge in [-0.1, -0.05) is 22.9 Å². The van der Waals surface area contributed by atoms with Crippen LogP contribution in [0.3, 0.4) is 0 Å². The first-order valence-corrected chi connectivity index (χ1v) is 9.37. The van der Waals surface area contributed by atoms with Gasteiger partial charge in [-0.15, -0.1) is 0 Å². The highest BCUT2D eigenvalue weighted by Crippen LogP contribution is 2.40. The van der Waals surface area contributed by atoms with Crippen LogP contribution in [0.2, 0.25) is 0 Å². The van der Waals surface area contributed by atoms with E-state index in [0.29, 0.717) is 12.3 Å². The highest BCUT2D eigenvalue weighted by Gasteiger charge is 2.44. The molecule has 2 saturated carbocycles. The van der Waals surface area contributed by atoms with Crippen molar-refractivity contribution in [3.63, 3.8) is 0 Å². The van der Waals surface area contributed by atoms with Crippen LogP contribution in [-0.4, -0.2) is 17.6 Å². The number of nitrogens with zero attached hydrogens (tertiary/aromatic N) is 1. The average Bonchev–Trinajstić information content (AvgIpc) is 2.82. The van der Waals surface area contributed by atoms with Gasteiger partial charge in [0.15, 0.2) is 5.78 Å². The quantitative estimate of drug-likeness (QED) is 0.595. The standard InChI is InChI=1S/C21H27NO3/c1-12-8-13(2)19(14(3)9-12)20-18(23)11-16(21(20)24)10-15-4-6-17(22-25)7-5-15/h8-9,15-17,20H,4-7,10-11H2,1-3H3. The Morgan fingerprint density at radius 3 is 2.16 bits per heavy atom. The van der Waals surface area contributed by atoms with Crippen LogP contribution in [0.5, 0.6) is 0 Å². The van der Waals surface area contributed by atoms with E-state index in [1.807, 2.05) is 20.8 Å². The Hall–Kier alpha value is -1.84. The van der Waals surface area contributed by atoms with Gasteiger partial charge in [0, 0.05) is 12.3 Å². The van der Waals surface area contributed by atoms with Crippen molar-refractivity contribution in [3.8, 4) is 0 Å². The molecule has 3 rings (SSSR count). The summed E-state index contributed by atoms with van der Waals surface area (Å²) in [6.45, 7) is 6.03. The van der Waals surface area contributed by atoms with Crippen molar-refractivity contribution in [2.45, 2.75) is 71.3 Å². The normalized spacial score (nSPS) is 29.9. The average molecular weight is 341 g/mol. The molecule has 134 valence electrons. The van der Waals surface area contributed by atoms with E-state index in [1.54, 1.807) is 0 Å². The fourth-order valence-electron chi connectivity index (χ4n) is 4.89. The highest BCUT2D eigenvalue weighted by molar-refractivity contribution is 6.14. The maximum atomic E-state index is 13.0. The molecule has 0 saturated heterocycles. The zero-order valence-electron chi connectivity index (χ0n) is 15.4. The summed E-state index contributed by atoms with van der Waals surface area (Å²) in [5.41, 5.74) is 4.18. The van der Waals surface area contributed by atoms with Crippen molar-refractivity contribution in [1.82, 2.24) is 0 Å². The lowest BCUT2D eigenvalue weighted by Crippen LogP contribution is -2.22. The molecular formula is C21H27NO3. The van der Waals surface area contributed by atoms with Gasteiger partial charge in [-0.25, -0.2) is 0 Å². The van der Waals surface area contributed by atoms with Gasteiger partial charge in [-0.05, 0) is 75.5 Å². The summed E-state index contributed by atoms with van der Waals surface area (Å²) in [7, 11) is 0. The summed E-state index contributed by atoms with van der Waals surface area (Å²) in [6, 6.07) is 4.07. The lowest BCUT2D eigenvalue weighted by molar-refractivity contribution is -0.125. The maximum absolute atomic E-state index is 13.0. The Labute approximate surface area is 149 Å². The van der Waals surface area contributed by atoms with E-state index in [1.165, 1.54) is 0 Å². The van der Waals surface area contributed by atoms with Crippen LogP contribution in [0.25, 0.3) is 0 Å². The second-order valence-corrected chi connectivity index (χ2v) is 8.03. The number of benzene rings is 1. The maximum Gasteiger partial charge on any atom is 0.151 e. The van der Waals surface area contributed by atoms with E-state index in [0.717, 1.165) is 54.4 Å². The van der Waals surface area contributed by atoms with Gasteiger partial charge in [0.05, 0.1) is 6.04 Å². The Bertz CT molecular complexity index is 678. The number of aryl methyl sites for hydroxylation is 3. The van der Waals surface area contributed by atoms with Crippen LogP contribution in [0.15, 0.2) is 17.3 Å². The van der Waals surface area contributed by atoms with Crippen molar-refractivity contribution in [2.75, 3.05) is 0 Å². The van der Waals surface area contributed by atoms with E-state index in [4.69, 9.17) is 0 Å². The van der Waals surface area contributed by atoms with Crippen LogP contribution >= 0.6 is 0 Å². The molecule has 0 amide bonds. The monoisotopic (exact) mass is 341 g/mol. The molecule has 2 aliphatic rings. The molecule has 0 radical (unpaired) electrons. The first kappa shape index (κ1) is 18.0. The molecule has 0 N–H and O–H groups in total. The minimum absolute atomic E-state index is 0.0530. The lowest BCUT2D eigenvalue weighted by atomic mass is 9.79. The minimum atomic E-state index is -0.571. The minimum Gasteiger partial charge on any atom is -0.298 e. The number of hydrogen-bond acceptors (Lipinski definition) is 4. The molecule has 0 aliphatic heterocycles. The topological polar surface area (TPSA) is 63.6 Å². The fraction of sp³-hybridized carbons (Fsp3) is 0.619. The van der Waals surface area contributed by atoms with Crippen LogP contribution in [0, 0.1) is 37.5 Å². The number of nitroso groups, excluding NO2 is 1. The SMILES string of the molecule is Cc1cc(C)c(C2C(=O)CC(CC3CCC(N=O)CC3)C2=O)c(C)c1. The van der Waals surface area contributed by atoms with Crippen LogP contribution in [0.4, 0.5) is 0 Å². The largest absolute Gasteiger partial charge is 0.298 e. The van der Waals surface area contributed by atoms with E-state index < -0.39 is 5.92 Å². The molecule has 2 fully saturated rings.